The number of aromatic nitrogens is 3. The lowest BCUT2D eigenvalue weighted by atomic mass is 10.0. The van der Waals surface area contributed by atoms with Gasteiger partial charge in [-0.15, -0.1) is 0 Å². The maximum atomic E-state index is 8.13. The van der Waals surface area contributed by atoms with Gasteiger partial charge in [-0.3, -0.25) is 4.98 Å². The van der Waals surface area contributed by atoms with E-state index in [9.17, 15) is 0 Å². The van der Waals surface area contributed by atoms with E-state index in [1.165, 1.54) is 0 Å². The molecule has 2 aromatic rings. The molecule has 1 unspecified atom stereocenters. The van der Waals surface area contributed by atoms with Gasteiger partial charge >= 0.3 is 0 Å². The van der Waals surface area contributed by atoms with Crippen molar-refractivity contribution >= 4 is 28.5 Å². The highest BCUT2D eigenvalue weighted by molar-refractivity contribution is 5.92. The summed E-state index contributed by atoms with van der Waals surface area (Å²) in [6.07, 6.45) is 7.26. The van der Waals surface area contributed by atoms with Gasteiger partial charge in [0.15, 0.2) is 5.82 Å². The number of rotatable bonds is 6. The molecule has 1 atom stereocenters. The van der Waals surface area contributed by atoms with Gasteiger partial charge in [-0.1, -0.05) is 0 Å². The Morgan fingerprint density at radius 1 is 1.37 bits per heavy atom. The van der Waals surface area contributed by atoms with Crippen molar-refractivity contribution in [1.82, 2.24) is 20.3 Å². The Labute approximate surface area is 158 Å². The van der Waals surface area contributed by atoms with Crippen molar-refractivity contribution in [1.29, 1.82) is 5.41 Å². The minimum atomic E-state index is 0.517. The van der Waals surface area contributed by atoms with Crippen LogP contribution in [0.4, 0.5) is 11.8 Å². The summed E-state index contributed by atoms with van der Waals surface area (Å²) in [4.78, 5) is 15.9. The number of pyridine rings is 1. The average molecular weight is 367 g/mol. The van der Waals surface area contributed by atoms with Gasteiger partial charge in [-0.2, -0.15) is 4.98 Å². The predicted molar refractivity (Wildman–Crippen MR) is 106 cm³/mol. The molecular formula is C19H25N7O. The SMILES string of the molecule is N=C(/C=C\Nc1nc(N2CCOCC2)c2ncccc2n1)CC1CCNC1. The van der Waals surface area contributed by atoms with Gasteiger partial charge in [0.1, 0.15) is 5.52 Å². The molecule has 0 spiro atoms. The summed E-state index contributed by atoms with van der Waals surface area (Å²) >= 11 is 0. The fraction of sp³-hybridized carbons (Fsp3) is 0.474. The lowest BCUT2D eigenvalue weighted by molar-refractivity contribution is 0.122. The van der Waals surface area contributed by atoms with Crippen molar-refractivity contribution in [2.75, 3.05) is 49.6 Å². The lowest BCUT2D eigenvalue weighted by Crippen LogP contribution is -2.37. The molecule has 0 amide bonds. The zero-order valence-electron chi connectivity index (χ0n) is 15.3. The number of hydrogen-bond donors (Lipinski definition) is 3. The van der Waals surface area contributed by atoms with Crippen molar-refractivity contribution in [3.8, 4) is 0 Å². The first kappa shape index (κ1) is 17.8. The Kier molecular flexibility index (Phi) is 5.55. The topological polar surface area (TPSA) is 99.1 Å². The minimum absolute atomic E-state index is 0.517. The maximum Gasteiger partial charge on any atom is 0.229 e. The molecule has 3 N–H and O–H groups in total. The third-order valence-electron chi connectivity index (χ3n) is 4.91. The average Bonchev–Trinajstić information content (AvgIpc) is 3.21. The van der Waals surface area contributed by atoms with Crippen LogP contribution in [-0.2, 0) is 4.74 Å². The second-order valence-electron chi connectivity index (χ2n) is 6.91. The zero-order valence-corrected chi connectivity index (χ0v) is 15.3. The number of anilines is 2. The van der Waals surface area contributed by atoms with Crippen molar-refractivity contribution in [3.05, 3.63) is 30.6 Å². The molecule has 2 aliphatic rings. The summed E-state index contributed by atoms with van der Waals surface area (Å²) in [6.45, 7) is 5.02. The van der Waals surface area contributed by atoms with E-state index in [0.717, 1.165) is 55.9 Å². The Hall–Kier alpha value is -2.58. The van der Waals surface area contributed by atoms with Gasteiger partial charge in [0, 0.05) is 31.2 Å². The Morgan fingerprint density at radius 3 is 3.07 bits per heavy atom. The summed E-state index contributed by atoms with van der Waals surface area (Å²) in [7, 11) is 0. The molecule has 8 nitrogen and oxygen atoms in total. The molecule has 142 valence electrons. The molecule has 2 aromatic heterocycles. The van der Waals surface area contributed by atoms with Crippen LogP contribution in [0.3, 0.4) is 0 Å². The van der Waals surface area contributed by atoms with E-state index < -0.39 is 0 Å². The summed E-state index contributed by atoms with van der Waals surface area (Å²) in [5, 5.41) is 14.6. The smallest absolute Gasteiger partial charge is 0.229 e. The first-order chi connectivity index (χ1) is 13.3. The van der Waals surface area contributed by atoms with Gasteiger partial charge in [-0.25, -0.2) is 4.98 Å². The highest BCUT2D eigenvalue weighted by Gasteiger charge is 2.18. The van der Waals surface area contributed by atoms with E-state index in [4.69, 9.17) is 10.1 Å². The largest absolute Gasteiger partial charge is 0.378 e. The second-order valence-corrected chi connectivity index (χ2v) is 6.91. The van der Waals surface area contributed by atoms with Crippen LogP contribution in [-0.4, -0.2) is 60.1 Å². The number of nitrogens with one attached hydrogen (secondary N) is 3. The van der Waals surface area contributed by atoms with Crippen LogP contribution in [0.25, 0.3) is 11.0 Å². The van der Waals surface area contributed by atoms with Crippen molar-refractivity contribution in [2.24, 2.45) is 5.92 Å². The molecular weight excluding hydrogens is 342 g/mol. The number of ether oxygens (including phenoxy) is 1. The molecule has 0 aliphatic carbocycles. The van der Waals surface area contributed by atoms with Gasteiger partial charge < -0.3 is 25.7 Å². The van der Waals surface area contributed by atoms with E-state index in [2.05, 4.69) is 30.5 Å². The number of morpholine rings is 1. The van der Waals surface area contributed by atoms with Crippen LogP contribution in [0.15, 0.2) is 30.6 Å². The molecule has 2 aliphatic heterocycles. The molecule has 4 rings (SSSR count). The molecule has 2 fully saturated rings. The van der Waals surface area contributed by atoms with Gasteiger partial charge in [0.25, 0.3) is 0 Å². The highest BCUT2D eigenvalue weighted by atomic mass is 16.5. The normalized spacial score (nSPS) is 20.4. The van der Waals surface area contributed by atoms with Gasteiger partial charge in [-0.05, 0) is 50.1 Å². The van der Waals surface area contributed by atoms with Crippen molar-refractivity contribution < 1.29 is 4.74 Å². The molecule has 0 radical (unpaired) electrons. The number of allylic oxidation sites excluding steroid dienone is 1. The van der Waals surface area contributed by atoms with E-state index in [1.54, 1.807) is 18.5 Å². The second kappa shape index (κ2) is 8.41. The predicted octanol–water partition coefficient (Wildman–Crippen LogP) is 1.81. The van der Waals surface area contributed by atoms with Crippen LogP contribution in [0, 0.1) is 11.3 Å². The van der Waals surface area contributed by atoms with Crippen LogP contribution in [0.2, 0.25) is 0 Å². The summed E-state index contributed by atoms with van der Waals surface area (Å²) < 4.78 is 5.45. The molecule has 4 heterocycles. The third-order valence-corrected chi connectivity index (χ3v) is 4.91. The van der Waals surface area contributed by atoms with Gasteiger partial charge in [0.05, 0.1) is 18.7 Å². The fourth-order valence-electron chi connectivity index (χ4n) is 3.50. The van der Waals surface area contributed by atoms with Crippen LogP contribution >= 0.6 is 0 Å². The summed E-state index contributed by atoms with van der Waals surface area (Å²) in [5.41, 5.74) is 2.22. The Morgan fingerprint density at radius 2 is 2.26 bits per heavy atom. The molecule has 27 heavy (non-hydrogen) atoms. The molecule has 0 aromatic carbocycles. The monoisotopic (exact) mass is 367 g/mol. The van der Waals surface area contributed by atoms with E-state index in [-0.39, 0.29) is 0 Å². The quantitative estimate of drug-likeness (QED) is 0.670. The molecule has 0 bridgehead atoms. The Bertz CT molecular complexity index is 826. The van der Waals surface area contributed by atoms with Gasteiger partial charge in [0.2, 0.25) is 5.95 Å². The van der Waals surface area contributed by atoms with Crippen LogP contribution < -0.4 is 15.5 Å². The standard InChI is InChI=1S/C19H25N7O/c20-15(12-14-3-6-21-13-14)4-7-23-19-24-16-2-1-5-22-17(16)18(25-19)26-8-10-27-11-9-26/h1-2,4-5,7,14,20-21H,3,6,8-13H2,(H,23,24,25)/b7-4-,20-15?. The zero-order chi connectivity index (χ0) is 18.5. The fourth-order valence-corrected chi connectivity index (χ4v) is 3.50. The van der Waals surface area contributed by atoms with E-state index in [0.29, 0.717) is 30.8 Å². The molecule has 0 saturated carbocycles. The molecule has 8 heteroatoms. The van der Waals surface area contributed by atoms with E-state index in [1.807, 2.05) is 12.1 Å². The molecule has 2 saturated heterocycles. The van der Waals surface area contributed by atoms with E-state index >= 15 is 0 Å². The number of nitrogens with zero attached hydrogens (tertiary/aromatic N) is 4. The minimum Gasteiger partial charge on any atom is -0.378 e. The first-order valence-electron chi connectivity index (χ1n) is 9.46. The highest BCUT2D eigenvalue weighted by Crippen LogP contribution is 2.24. The van der Waals surface area contributed by atoms with Crippen molar-refractivity contribution in [2.45, 2.75) is 12.8 Å². The maximum absolute atomic E-state index is 8.13. The Balaban J connectivity index is 1.49. The van der Waals surface area contributed by atoms with Crippen LogP contribution in [0.5, 0.6) is 0 Å². The summed E-state index contributed by atoms with van der Waals surface area (Å²) in [5.74, 6) is 1.91. The lowest BCUT2D eigenvalue weighted by Gasteiger charge is -2.28. The first-order valence-corrected chi connectivity index (χ1v) is 9.46. The van der Waals surface area contributed by atoms with Crippen molar-refractivity contribution in [3.63, 3.8) is 0 Å². The third kappa shape index (κ3) is 4.40. The number of fused-ring (bicyclic) bond motifs is 1. The number of hydrogen-bond acceptors (Lipinski definition) is 8. The summed E-state index contributed by atoms with van der Waals surface area (Å²) in [6, 6.07) is 3.82. The van der Waals surface area contributed by atoms with Crippen LogP contribution in [0.1, 0.15) is 12.8 Å².